The molecule has 4 heterocycles. The number of piperazine rings is 1. The summed E-state index contributed by atoms with van der Waals surface area (Å²) in [4.78, 5) is 24.2. The molecule has 4 aromatic rings. The molecule has 6 rings (SSSR count). The Kier molecular flexibility index (Phi) is 5.12. The van der Waals surface area contributed by atoms with Gasteiger partial charge in [-0.2, -0.15) is 0 Å². The van der Waals surface area contributed by atoms with Gasteiger partial charge in [0, 0.05) is 36.6 Å². The first-order valence-electron chi connectivity index (χ1n) is 11.6. The number of carbonyl (C=O) groups is 1. The normalized spacial score (nSPS) is 20.6. The summed E-state index contributed by atoms with van der Waals surface area (Å²) in [5.74, 6) is 7.92. The van der Waals surface area contributed by atoms with Crippen molar-refractivity contribution in [2.24, 2.45) is 0 Å². The highest BCUT2D eigenvalue weighted by Gasteiger charge is 2.50. The molecule has 2 aromatic heterocycles. The number of nitrogens with two attached hydrogens (primary N) is 1. The van der Waals surface area contributed by atoms with Gasteiger partial charge in [-0.05, 0) is 55.7 Å². The van der Waals surface area contributed by atoms with Crippen molar-refractivity contribution in [3.63, 3.8) is 0 Å². The van der Waals surface area contributed by atoms with E-state index in [4.69, 9.17) is 15.5 Å². The number of imidazole rings is 1. The number of nitrogens with zero attached hydrogens (tertiary/aromatic N) is 4. The lowest BCUT2D eigenvalue weighted by molar-refractivity contribution is -0.129. The second-order valence-electron chi connectivity index (χ2n) is 8.73. The van der Waals surface area contributed by atoms with Crippen LogP contribution in [-0.2, 0) is 4.79 Å². The van der Waals surface area contributed by atoms with Gasteiger partial charge in [0.15, 0.2) is 0 Å². The van der Waals surface area contributed by atoms with Gasteiger partial charge in [0.1, 0.15) is 40.4 Å². The highest BCUT2D eigenvalue weighted by atomic mass is 16.5. The lowest BCUT2D eigenvalue weighted by atomic mass is 10.1. The summed E-state index contributed by atoms with van der Waals surface area (Å²) in [6.07, 6.45) is 4.38. The number of likely N-dealkylation sites (tertiary alicyclic amines) is 1. The summed E-state index contributed by atoms with van der Waals surface area (Å²) in [5, 5.41) is 3.53. The molecular formula is C27H24N6O2. The first-order valence-corrected chi connectivity index (χ1v) is 11.6. The minimum Gasteiger partial charge on any atom is -0.457 e. The SMILES string of the molecule is CC#CC(=O)N1C(c2nc(-c3ccc(Oc4ccccc4)cc3)c3c(N)nccn23)[C@@H]2C[C@H]1CN2. The van der Waals surface area contributed by atoms with Gasteiger partial charge < -0.3 is 20.7 Å². The zero-order valence-corrected chi connectivity index (χ0v) is 19.2. The molecule has 8 heteroatoms. The number of anilines is 1. The molecule has 3 atom stereocenters. The topological polar surface area (TPSA) is 97.8 Å². The number of rotatable bonds is 4. The number of ether oxygens (including phenoxy) is 1. The highest BCUT2D eigenvalue weighted by Crippen LogP contribution is 2.42. The van der Waals surface area contributed by atoms with Crippen LogP contribution < -0.4 is 15.8 Å². The van der Waals surface area contributed by atoms with Crippen molar-refractivity contribution in [3.8, 4) is 34.6 Å². The number of nitrogens with one attached hydrogen (secondary N) is 1. The van der Waals surface area contributed by atoms with E-state index in [-0.39, 0.29) is 24.0 Å². The minimum absolute atomic E-state index is 0.0998. The smallest absolute Gasteiger partial charge is 0.299 e. The summed E-state index contributed by atoms with van der Waals surface area (Å²) in [7, 11) is 0. The Balaban J connectivity index is 1.42. The number of carbonyl (C=O) groups excluding carboxylic acids is 1. The van der Waals surface area contributed by atoms with E-state index in [0.717, 1.165) is 41.4 Å². The number of amides is 1. The zero-order chi connectivity index (χ0) is 23.9. The van der Waals surface area contributed by atoms with Crippen LogP contribution in [0.15, 0.2) is 67.0 Å². The molecule has 2 aliphatic rings. The number of nitrogen functional groups attached to an aromatic ring is 1. The Morgan fingerprint density at radius 1 is 1.14 bits per heavy atom. The first kappa shape index (κ1) is 21.2. The van der Waals surface area contributed by atoms with Crippen molar-refractivity contribution >= 4 is 17.2 Å². The van der Waals surface area contributed by atoms with Crippen LogP contribution in [0.1, 0.15) is 25.2 Å². The van der Waals surface area contributed by atoms with Crippen molar-refractivity contribution in [1.82, 2.24) is 24.6 Å². The van der Waals surface area contributed by atoms with Crippen LogP contribution in [0.4, 0.5) is 5.82 Å². The molecule has 0 spiro atoms. The molecule has 0 saturated carbocycles. The molecule has 35 heavy (non-hydrogen) atoms. The van der Waals surface area contributed by atoms with Gasteiger partial charge in [-0.3, -0.25) is 9.20 Å². The summed E-state index contributed by atoms with van der Waals surface area (Å²) in [6.45, 7) is 2.45. The van der Waals surface area contributed by atoms with Gasteiger partial charge in [0.05, 0.1) is 0 Å². The van der Waals surface area contributed by atoms with Crippen LogP contribution in [-0.4, -0.2) is 43.8 Å². The summed E-state index contributed by atoms with van der Waals surface area (Å²) in [5.41, 5.74) is 8.66. The van der Waals surface area contributed by atoms with Crippen LogP contribution >= 0.6 is 0 Å². The number of para-hydroxylation sites is 1. The lowest BCUT2D eigenvalue weighted by Crippen LogP contribution is -2.49. The van der Waals surface area contributed by atoms with Crippen LogP contribution in [0.3, 0.4) is 0 Å². The summed E-state index contributed by atoms with van der Waals surface area (Å²) in [6, 6.07) is 17.3. The van der Waals surface area contributed by atoms with Crippen LogP contribution in [0.2, 0.25) is 0 Å². The Morgan fingerprint density at radius 2 is 1.91 bits per heavy atom. The predicted octanol–water partition coefficient (Wildman–Crippen LogP) is 3.41. The maximum absolute atomic E-state index is 12.9. The van der Waals surface area contributed by atoms with E-state index in [9.17, 15) is 4.79 Å². The van der Waals surface area contributed by atoms with Crippen molar-refractivity contribution in [1.29, 1.82) is 0 Å². The molecular weight excluding hydrogens is 440 g/mol. The molecule has 2 aromatic carbocycles. The Labute approximate surface area is 202 Å². The van der Waals surface area contributed by atoms with E-state index in [2.05, 4.69) is 22.1 Å². The fourth-order valence-electron chi connectivity index (χ4n) is 5.19. The molecule has 8 nitrogen and oxygen atoms in total. The summed E-state index contributed by atoms with van der Waals surface area (Å²) >= 11 is 0. The molecule has 2 aliphatic heterocycles. The quantitative estimate of drug-likeness (QED) is 0.449. The molecule has 1 unspecified atom stereocenters. The molecule has 3 N–H and O–H groups in total. The second-order valence-corrected chi connectivity index (χ2v) is 8.73. The largest absolute Gasteiger partial charge is 0.457 e. The number of hydrogen-bond donors (Lipinski definition) is 2. The van der Waals surface area contributed by atoms with Gasteiger partial charge >= 0.3 is 0 Å². The number of fused-ring (bicyclic) bond motifs is 3. The van der Waals surface area contributed by atoms with Crippen LogP contribution in [0.5, 0.6) is 11.5 Å². The molecule has 174 valence electrons. The van der Waals surface area contributed by atoms with E-state index < -0.39 is 0 Å². The van der Waals surface area contributed by atoms with Crippen molar-refractivity contribution in [2.45, 2.75) is 31.5 Å². The van der Waals surface area contributed by atoms with Crippen molar-refractivity contribution in [3.05, 3.63) is 72.8 Å². The Bertz CT molecular complexity index is 1470. The predicted molar refractivity (Wildman–Crippen MR) is 133 cm³/mol. The first-order chi connectivity index (χ1) is 17.1. The third kappa shape index (κ3) is 3.57. The molecule has 2 fully saturated rings. The third-order valence-corrected chi connectivity index (χ3v) is 6.66. The van der Waals surface area contributed by atoms with E-state index in [0.29, 0.717) is 11.5 Å². The average molecular weight is 465 g/mol. The average Bonchev–Trinajstić information content (AvgIpc) is 3.59. The fraction of sp³-hybridized carbons (Fsp3) is 0.222. The van der Waals surface area contributed by atoms with E-state index >= 15 is 0 Å². The second kappa shape index (κ2) is 8.46. The van der Waals surface area contributed by atoms with Gasteiger partial charge in [0.2, 0.25) is 0 Å². The third-order valence-electron chi connectivity index (χ3n) is 6.66. The van der Waals surface area contributed by atoms with Gasteiger partial charge in [0.25, 0.3) is 5.91 Å². The van der Waals surface area contributed by atoms with Crippen molar-refractivity contribution in [2.75, 3.05) is 12.3 Å². The molecule has 2 bridgehead atoms. The highest BCUT2D eigenvalue weighted by molar-refractivity contribution is 5.94. The zero-order valence-electron chi connectivity index (χ0n) is 19.2. The van der Waals surface area contributed by atoms with E-state index in [1.807, 2.05) is 70.1 Å². The maximum Gasteiger partial charge on any atom is 0.299 e. The lowest BCUT2D eigenvalue weighted by Gasteiger charge is -2.33. The van der Waals surface area contributed by atoms with Crippen molar-refractivity contribution < 1.29 is 9.53 Å². The molecule has 2 saturated heterocycles. The number of aromatic nitrogens is 3. The van der Waals surface area contributed by atoms with Gasteiger partial charge in [-0.25, -0.2) is 9.97 Å². The minimum atomic E-state index is -0.245. The number of benzene rings is 2. The molecule has 0 radical (unpaired) electrons. The van der Waals surface area contributed by atoms with Crippen LogP contribution in [0, 0.1) is 11.8 Å². The molecule has 1 amide bonds. The summed E-state index contributed by atoms with van der Waals surface area (Å²) < 4.78 is 7.89. The Morgan fingerprint density at radius 3 is 2.69 bits per heavy atom. The van der Waals surface area contributed by atoms with Gasteiger partial charge in [-0.15, -0.1) is 0 Å². The maximum atomic E-state index is 12.9. The Hall–Kier alpha value is -4.35. The molecule has 0 aliphatic carbocycles. The van der Waals surface area contributed by atoms with Crippen LogP contribution in [0.25, 0.3) is 16.8 Å². The fourth-order valence-corrected chi connectivity index (χ4v) is 5.19. The van der Waals surface area contributed by atoms with Gasteiger partial charge in [-0.1, -0.05) is 24.1 Å². The van der Waals surface area contributed by atoms with E-state index in [1.165, 1.54) is 0 Å². The monoisotopic (exact) mass is 464 g/mol. The standard InChI is InChI=1S/C27H24N6O2/c1-2-6-22(34)33-18-15-21(30-16-18)24(33)27-31-23(25-26(28)29-13-14-32(25)27)17-9-11-20(12-10-17)35-19-7-4-3-5-8-19/h3-5,7-14,18,21,24,30H,15-16H2,1H3,(H2,28,29)/t18-,21-,24?/m0/s1. The van der Waals surface area contributed by atoms with E-state index in [1.54, 1.807) is 13.1 Å². The number of hydrogen-bond acceptors (Lipinski definition) is 6.